The number of thiazole rings is 1. The van der Waals surface area contributed by atoms with Gasteiger partial charge in [-0.15, -0.1) is 11.3 Å². The summed E-state index contributed by atoms with van der Waals surface area (Å²) in [5.74, 6) is -0.371. The highest BCUT2D eigenvalue weighted by Crippen LogP contribution is 2.29. The van der Waals surface area contributed by atoms with Crippen molar-refractivity contribution in [3.63, 3.8) is 0 Å². The summed E-state index contributed by atoms with van der Waals surface area (Å²) in [7, 11) is -3.79. The predicted molar refractivity (Wildman–Crippen MR) is 105 cm³/mol. The van der Waals surface area contributed by atoms with Gasteiger partial charge in [-0.05, 0) is 24.3 Å². The van der Waals surface area contributed by atoms with Crippen LogP contribution in [-0.4, -0.2) is 18.6 Å². The molecule has 4 aromatic rings. The fourth-order valence-electron chi connectivity index (χ4n) is 2.43. The molecule has 0 atom stereocenters. The highest BCUT2D eigenvalue weighted by atomic mass is 32.2. The van der Waals surface area contributed by atoms with Crippen molar-refractivity contribution < 1.29 is 17.3 Å². The lowest BCUT2D eigenvalue weighted by molar-refractivity contribution is 0.417. The Morgan fingerprint density at radius 2 is 1.96 bits per heavy atom. The average molecular weight is 416 g/mol. The lowest BCUT2D eigenvalue weighted by atomic mass is 10.1. The summed E-state index contributed by atoms with van der Waals surface area (Å²) in [6.45, 7) is 0. The molecule has 7 nitrogen and oxygen atoms in total. The summed E-state index contributed by atoms with van der Waals surface area (Å²) in [5.41, 5.74) is 2.05. The second-order valence-corrected chi connectivity index (χ2v) is 8.23. The summed E-state index contributed by atoms with van der Waals surface area (Å²) in [5, 5.41) is 8.67. The number of nitrogens with one attached hydrogen (secondary N) is 2. The summed E-state index contributed by atoms with van der Waals surface area (Å²) < 4.78 is 45.4. The largest absolute Gasteiger partial charge is 0.363 e. The monoisotopic (exact) mass is 416 g/mol. The Labute approximate surface area is 163 Å². The minimum atomic E-state index is -3.79. The molecule has 2 N–H and O–H groups in total. The third-order valence-electron chi connectivity index (χ3n) is 3.75. The molecular weight excluding hydrogens is 403 g/mol. The van der Waals surface area contributed by atoms with Gasteiger partial charge in [0.1, 0.15) is 17.0 Å². The molecule has 10 heteroatoms. The van der Waals surface area contributed by atoms with Crippen molar-refractivity contribution in [3.8, 4) is 11.3 Å². The molecule has 142 valence electrons. The maximum absolute atomic E-state index is 13.8. The third kappa shape index (κ3) is 3.87. The predicted octanol–water partition coefficient (Wildman–Crippen LogP) is 4.48. The number of para-hydroxylation sites is 1. The normalized spacial score (nSPS) is 11.3. The maximum atomic E-state index is 13.8. The maximum Gasteiger partial charge on any atom is 0.266 e. The Kier molecular flexibility index (Phi) is 4.80. The molecule has 0 aliphatic heterocycles. The van der Waals surface area contributed by atoms with Gasteiger partial charge in [-0.2, -0.15) is 0 Å². The van der Waals surface area contributed by atoms with E-state index in [2.05, 4.69) is 24.7 Å². The molecule has 28 heavy (non-hydrogen) atoms. The molecule has 2 aromatic heterocycles. The van der Waals surface area contributed by atoms with Crippen LogP contribution >= 0.6 is 11.3 Å². The van der Waals surface area contributed by atoms with E-state index in [1.807, 2.05) is 0 Å². The molecule has 0 radical (unpaired) electrons. The zero-order valence-electron chi connectivity index (χ0n) is 14.2. The number of benzene rings is 2. The van der Waals surface area contributed by atoms with Crippen molar-refractivity contribution in [2.24, 2.45) is 0 Å². The Morgan fingerprint density at radius 1 is 1.11 bits per heavy atom. The molecule has 0 bridgehead atoms. The van der Waals surface area contributed by atoms with Gasteiger partial charge in [-0.25, -0.2) is 17.8 Å². The lowest BCUT2D eigenvalue weighted by Gasteiger charge is -2.07. The molecule has 0 saturated heterocycles. The van der Waals surface area contributed by atoms with Gasteiger partial charge in [-0.3, -0.25) is 4.72 Å². The summed E-state index contributed by atoms with van der Waals surface area (Å²) in [6, 6.07) is 13.1. The molecule has 0 aliphatic carbocycles. The van der Waals surface area contributed by atoms with Crippen LogP contribution in [0.4, 0.5) is 20.9 Å². The number of anilines is 3. The minimum absolute atomic E-state index is 0.0667. The van der Waals surface area contributed by atoms with Crippen molar-refractivity contribution >= 4 is 37.9 Å². The number of nitrogens with zero attached hydrogens (tertiary/aromatic N) is 2. The van der Waals surface area contributed by atoms with Gasteiger partial charge in [0.05, 0.1) is 17.6 Å². The zero-order valence-corrected chi connectivity index (χ0v) is 15.8. The van der Waals surface area contributed by atoms with E-state index in [-0.39, 0.29) is 10.7 Å². The molecule has 0 spiro atoms. The van der Waals surface area contributed by atoms with Crippen LogP contribution in [0.25, 0.3) is 11.3 Å². The van der Waals surface area contributed by atoms with Crippen LogP contribution in [-0.2, 0) is 10.0 Å². The number of aromatic nitrogens is 2. The summed E-state index contributed by atoms with van der Waals surface area (Å²) in [4.78, 5) is 4.38. The van der Waals surface area contributed by atoms with Crippen molar-refractivity contribution in [2.75, 3.05) is 10.0 Å². The number of halogens is 1. The van der Waals surface area contributed by atoms with Crippen LogP contribution in [0.1, 0.15) is 0 Å². The van der Waals surface area contributed by atoms with Gasteiger partial charge in [-0.1, -0.05) is 29.4 Å². The Hall–Kier alpha value is -3.24. The Morgan fingerprint density at radius 3 is 2.75 bits per heavy atom. The fraction of sp³-hybridized carbons (Fsp3) is 0. The van der Waals surface area contributed by atoms with E-state index in [0.29, 0.717) is 27.8 Å². The highest BCUT2D eigenvalue weighted by Gasteiger charge is 2.17. The average Bonchev–Trinajstić information content (AvgIpc) is 3.36. The van der Waals surface area contributed by atoms with Crippen LogP contribution in [0.15, 0.2) is 75.8 Å². The van der Waals surface area contributed by atoms with Crippen LogP contribution in [0.2, 0.25) is 0 Å². The van der Waals surface area contributed by atoms with E-state index in [0.717, 1.165) is 12.5 Å². The van der Waals surface area contributed by atoms with Gasteiger partial charge in [0.15, 0.2) is 5.13 Å². The molecule has 0 unspecified atom stereocenters. The van der Waals surface area contributed by atoms with Gasteiger partial charge >= 0.3 is 0 Å². The molecule has 0 saturated carbocycles. The molecule has 4 rings (SSSR count). The zero-order chi connectivity index (χ0) is 19.6. The summed E-state index contributed by atoms with van der Waals surface area (Å²) in [6.07, 6.45) is 2.17. The van der Waals surface area contributed by atoms with E-state index in [4.69, 9.17) is 0 Å². The highest BCUT2D eigenvalue weighted by molar-refractivity contribution is 7.92. The standard InChI is InChI=1S/C18H13FN4O3S2/c19-15-6-1-2-7-16(15)21-18-22-17(11-27-18)12-4-3-5-13(8-12)23-28(24,25)14-9-20-26-10-14/h1-11,23H,(H,21,22). The Balaban J connectivity index is 1.55. The van der Waals surface area contributed by atoms with E-state index in [1.54, 1.807) is 47.8 Å². The number of sulfonamides is 1. The second-order valence-electron chi connectivity index (χ2n) is 5.69. The van der Waals surface area contributed by atoms with Crippen molar-refractivity contribution in [1.29, 1.82) is 0 Å². The van der Waals surface area contributed by atoms with Crippen LogP contribution in [0.3, 0.4) is 0 Å². The minimum Gasteiger partial charge on any atom is -0.363 e. The van der Waals surface area contributed by atoms with Crippen molar-refractivity contribution in [2.45, 2.75) is 4.90 Å². The molecule has 0 amide bonds. The first-order chi connectivity index (χ1) is 13.5. The first-order valence-electron chi connectivity index (χ1n) is 8.01. The van der Waals surface area contributed by atoms with Crippen LogP contribution < -0.4 is 10.0 Å². The number of rotatable bonds is 6. The first kappa shape index (κ1) is 18.1. The van der Waals surface area contributed by atoms with Crippen molar-refractivity contribution in [3.05, 3.63) is 72.2 Å². The van der Waals surface area contributed by atoms with Gasteiger partial charge in [0.2, 0.25) is 0 Å². The molecule has 2 heterocycles. The number of hydrogen-bond donors (Lipinski definition) is 2. The smallest absolute Gasteiger partial charge is 0.266 e. The Bertz CT molecular complexity index is 1210. The van der Waals surface area contributed by atoms with E-state index < -0.39 is 10.0 Å². The number of hydrogen-bond acceptors (Lipinski definition) is 7. The second kappa shape index (κ2) is 7.41. The first-order valence-corrected chi connectivity index (χ1v) is 10.4. The van der Waals surface area contributed by atoms with Gasteiger partial charge < -0.3 is 9.84 Å². The van der Waals surface area contributed by atoms with Gasteiger partial charge in [0.25, 0.3) is 10.0 Å². The quantitative estimate of drug-likeness (QED) is 0.481. The van der Waals surface area contributed by atoms with E-state index in [1.165, 1.54) is 17.4 Å². The van der Waals surface area contributed by atoms with E-state index >= 15 is 0 Å². The molecule has 0 aliphatic rings. The SMILES string of the molecule is O=S(=O)(Nc1cccc(-c2csc(Nc3ccccc3F)n2)c1)c1cnoc1. The topological polar surface area (TPSA) is 97.1 Å². The van der Waals surface area contributed by atoms with Crippen LogP contribution in [0.5, 0.6) is 0 Å². The molecular formula is C18H13FN4O3S2. The molecule has 0 fully saturated rings. The third-order valence-corrected chi connectivity index (χ3v) is 5.83. The lowest BCUT2D eigenvalue weighted by Crippen LogP contribution is -2.12. The van der Waals surface area contributed by atoms with E-state index in [9.17, 15) is 12.8 Å². The van der Waals surface area contributed by atoms with Crippen molar-refractivity contribution in [1.82, 2.24) is 10.1 Å². The summed E-state index contributed by atoms with van der Waals surface area (Å²) >= 11 is 1.32. The molecule has 2 aromatic carbocycles. The van der Waals surface area contributed by atoms with Gasteiger partial charge in [0, 0.05) is 16.6 Å². The van der Waals surface area contributed by atoms with Crippen LogP contribution in [0, 0.1) is 5.82 Å². The fourth-order valence-corrected chi connectivity index (χ4v) is 4.06.